The maximum Gasteiger partial charge on any atom is 0.197 e. The highest BCUT2D eigenvalue weighted by molar-refractivity contribution is 6.22. The molecule has 8 atom stereocenters. The van der Waals surface area contributed by atoms with Gasteiger partial charge in [0.15, 0.2) is 30.1 Å². The minimum Gasteiger partial charge on any atom is -0.370 e. The summed E-state index contributed by atoms with van der Waals surface area (Å²) in [5, 5.41) is 43.8. The Hall–Kier alpha value is -2.67. The van der Waals surface area contributed by atoms with Crippen molar-refractivity contribution >= 4 is 23.5 Å². The summed E-state index contributed by atoms with van der Waals surface area (Å²) in [6, 6.07) is 0. The molecule has 15 nitrogen and oxygen atoms in total. The van der Waals surface area contributed by atoms with Gasteiger partial charge in [-0.05, 0) is 22.9 Å². The fraction of sp³-hybridized carbons (Fsp3) is 0.833. The number of rotatable bonds is 5. The predicted molar refractivity (Wildman–Crippen MR) is 97.3 cm³/mol. The molecule has 1 spiro atoms. The quantitative estimate of drug-likeness (QED) is 0.115. The van der Waals surface area contributed by atoms with E-state index in [-0.39, 0.29) is 25.0 Å². The minimum absolute atomic E-state index is 0.134. The molecule has 16 heteroatoms. The molecule has 4 unspecified atom stereocenters. The summed E-state index contributed by atoms with van der Waals surface area (Å²) in [6.07, 6.45) is -3.25. The molecule has 0 saturated heterocycles. The van der Waals surface area contributed by atoms with Crippen LogP contribution in [0, 0.1) is 17.8 Å². The molecule has 0 amide bonds. The van der Waals surface area contributed by atoms with Crippen LogP contribution in [0.25, 0.3) is 20.9 Å². The van der Waals surface area contributed by atoms with Gasteiger partial charge >= 0.3 is 0 Å². The molecule has 9 N–H and O–H groups in total. The van der Waals surface area contributed by atoms with Gasteiger partial charge in [-0.2, -0.15) is 0 Å². The Bertz CT molecular complexity index is 810. The van der Waals surface area contributed by atoms with Gasteiger partial charge in [0.1, 0.15) is 5.54 Å². The van der Waals surface area contributed by atoms with Gasteiger partial charge in [-0.15, -0.1) is 11.6 Å². The van der Waals surface area contributed by atoms with Crippen molar-refractivity contribution in [3.05, 3.63) is 20.9 Å². The fourth-order valence-corrected chi connectivity index (χ4v) is 5.11. The van der Waals surface area contributed by atoms with E-state index in [1.54, 1.807) is 0 Å². The number of halogens is 1. The van der Waals surface area contributed by atoms with Crippen LogP contribution in [0.3, 0.4) is 0 Å². The number of aliphatic imine (C=N–C) groups is 2. The van der Waals surface area contributed by atoms with E-state index >= 15 is 0 Å². The Morgan fingerprint density at radius 2 is 1.57 bits per heavy atom. The molecule has 28 heavy (non-hydrogen) atoms. The summed E-state index contributed by atoms with van der Waals surface area (Å²) in [5.74, 6) is -3.00. The van der Waals surface area contributed by atoms with Gasteiger partial charge in [0, 0.05) is 28.8 Å². The first kappa shape index (κ1) is 20.1. The van der Waals surface area contributed by atoms with Crippen LogP contribution in [0.2, 0.25) is 0 Å². The zero-order valence-electron chi connectivity index (χ0n) is 14.3. The van der Waals surface area contributed by atoms with Crippen LogP contribution in [0.15, 0.2) is 20.2 Å². The molecule has 3 rings (SSSR count). The molecule has 1 saturated carbocycles. The molecular weight excluding hydrogens is 396 g/mol. The second kappa shape index (κ2) is 7.05. The SMILES string of the molecule is [N-]=[N+]=NC[C@@H]1[C@@H](CN=[N+]=[N-])C(C2(O)NC(N)=NC2O)[C@]2(NC(N)=NC2O)[C@H]1Cl. The van der Waals surface area contributed by atoms with E-state index < -0.39 is 46.9 Å². The van der Waals surface area contributed by atoms with Crippen molar-refractivity contribution in [1.82, 2.24) is 10.6 Å². The van der Waals surface area contributed by atoms with Crippen molar-refractivity contribution in [3.8, 4) is 0 Å². The zero-order chi connectivity index (χ0) is 20.7. The summed E-state index contributed by atoms with van der Waals surface area (Å²) in [6.45, 7) is -0.325. The largest absolute Gasteiger partial charge is 0.370 e. The third-order valence-corrected chi connectivity index (χ3v) is 6.21. The lowest BCUT2D eigenvalue weighted by Gasteiger charge is -2.45. The highest BCUT2D eigenvalue weighted by atomic mass is 35.5. The molecule has 0 aromatic rings. The summed E-state index contributed by atoms with van der Waals surface area (Å²) >= 11 is 6.67. The summed E-state index contributed by atoms with van der Waals surface area (Å²) in [7, 11) is 0. The summed E-state index contributed by atoms with van der Waals surface area (Å²) < 4.78 is 0. The normalized spacial score (nSPS) is 44.1. The van der Waals surface area contributed by atoms with Crippen LogP contribution in [0.1, 0.15) is 0 Å². The first-order chi connectivity index (χ1) is 13.2. The van der Waals surface area contributed by atoms with Crippen LogP contribution in [-0.4, -0.2) is 69.4 Å². The van der Waals surface area contributed by atoms with Crippen LogP contribution in [0.5, 0.6) is 0 Å². The van der Waals surface area contributed by atoms with Crippen molar-refractivity contribution in [2.24, 2.45) is 49.4 Å². The Kier molecular flexibility index (Phi) is 5.06. The lowest BCUT2D eigenvalue weighted by Crippen LogP contribution is -2.71. The highest BCUT2D eigenvalue weighted by Gasteiger charge is 2.72. The van der Waals surface area contributed by atoms with Crippen LogP contribution in [0.4, 0.5) is 0 Å². The van der Waals surface area contributed by atoms with Crippen molar-refractivity contribution in [2.75, 3.05) is 13.1 Å². The third kappa shape index (κ3) is 2.73. The molecule has 0 aromatic carbocycles. The Balaban J connectivity index is 2.16. The van der Waals surface area contributed by atoms with Gasteiger partial charge in [0.05, 0.1) is 5.38 Å². The van der Waals surface area contributed by atoms with Gasteiger partial charge < -0.3 is 37.4 Å². The number of guanidine groups is 2. The topological polar surface area (TPSA) is 259 Å². The molecule has 152 valence electrons. The van der Waals surface area contributed by atoms with Crippen molar-refractivity contribution < 1.29 is 15.3 Å². The van der Waals surface area contributed by atoms with Crippen LogP contribution in [-0.2, 0) is 0 Å². The van der Waals surface area contributed by atoms with E-state index in [9.17, 15) is 15.3 Å². The number of nitrogens with zero attached hydrogens (tertiary/aromatic N) is 8. The highest BCUT2D eigenvalue weighted by Crippen LogP contribution is 2.55. The number of alkyl halides is 1. The van der Waals surface area contributed by atoms with E-state index in [0.717, 1.165) is 0 Å². The van der Waals surface area contributed by atoms with E-state index in [1.165, 1.54) is 0 Å². The second-order valence-electron chi connectivity index (χ2n) is 6.82. The second-order valence-corrected chi connectivity index (χ2v) is 7.29. The van der Waals surface area contributed by atoms with Gasteiger partial charge in [0.2, 0.25) is 0 Å². The number of nitrogens with two attached hydrogens (primary N) is 2. The first-order valence-corrected chi connectivity index (χ1v) is 8.63. The maximum absolute atomic E-state index is 11.3. The molecule has 0 radical (unpaired) electrons. The predicted octanol–water partition coefficient (Wildman–Crippen LogP) is -2.02. The Labute approximate surface area is 162 Å². The Morgan fingerprint density at radius 3 is 2.04 bits per heavy atom. The van der Waals surface area contributed by atoms with Crippen LogP contribution < -0.4 is 22.1 Å². The zero-order valence-corrected chi connectivity index (χ0v) is 15.1. The third-order valence-electron chi connectivity index (χ3n) is 5.53. The average molecular weight is 415 g/mol. The van der Waals surface area contributed by atoms with Gasteiger partial charge in [-0.3, -0.25) is 0 Å². The average Bonchev–Trinajstić information content (AvgIpc) is 3.15. The first-order valence-electron chi connectivity index (χ1n) is 8.19. The van der Waals surface area contributed by atoms with Gasteiger partial charge in [-0.25, -0.2) is 9.98 Å². The lowest BCUT2D eigenvalue weighted by molar-refractivity contribution is -0.149. The number of nitrogens with one attached hydrogen (secondary N) is 2. The molecule has 2 aliphatic heterocycles. The monoisotopic (exact) mass is 414 g/mol. The molecule has 3 aliphatic rings. The molecule has 2 heterocycles. The Morgan fingerprint density at radius 1 is 1.04 bits per heavy atom. The smallest absolute Gasteiger partial charge is 0.197 e. The number of aliphatic hydroxyl groups excluding tert-OH is 2. The van der Waals surface area contributed by atoms with E-state index in [2.05, 4.69) is 40.7 Å². The maximum atomic E-state index is 11.3. The lowest BCUT2D eigenvalue weighted by atomic mass is 9.73. The van der Waals surface area contributed by atoms with E-state index in [1.807, 2.05) is 0 Å². The van der Waals surface area contributed by atoms with E-state index in [0.29, 0.717) is 0 Å². The van der Waals surface area contributed by atoms with Crippen molar-refractivity contribution in [3.63, 3.8) is 0 Å². The van der Waals surface area contributed by atoms with Gasteiger partial charge in [0.25, 0.3) is 0 Å². The van der Waals surface area contributed by atoms with Crippen molar-refractivity contribution in [2.45, 2.75) is 29.1 Å². The number of aliphatic hydroxyl groups is 3. The molecule has 0 aromatic heterocycles. The molecule has 0 bridgehead atoms. The number of hydrogen-bond acceptors (Lipinski definition) is 11. The van der Waals surface area contributed by atoms with E-state index in [4.69, 9.17) is 34.1 Å². The van der Waals surface area contributed by atoms with Crippen LogP contribution >= 0.6 is 11.6 Å². The van der Waals surface area contributed by atoms with Crippen molar-refractivity contribution in [1.29, 1.82) is 0 Å². The van der Waals surface area contributed by atoms with Gasteiger partial charge in [-0.1, -0.05) is 10.2 Å². The molecule has 1 aliphatic carbocycles. The standard InChI is InChI=1S/C12H19ClN12O3/c13-6-4(2-19-25-17)3(1-18-24-16)5(11(6)7(26)20-9(14)22-11)12(28)8(27)21-10(15)23-12/h3-8,26-28H,1-2H2,(H3,14,20,22)(H3,15,21,23)/t3-,4-,5?,6+,7?,8?,11+,12?/m1/s1. The minimum atomic E-state index is -2.20. The fourth-order valence-electron chi connectivity index (χ4n) is 4.54. The molecular formula is C12H19ClN12O3. The molecule has 1 fully saturated rings. The number of azide groups is 2. The number of hydrogen-bond donors (Lipinski definition) is 7. The summed E-state index contributed by atoms with van der Waals surface area (Å²) in [4.78, 5) is 13.0. The summed E-state index contributed by atoms with van der Waals surface area (Å²) in [5.41, 5.74) is 25.1.